The molecule has 0 amide bonds. The predicted molar refractivity (Wildman–Crippen MR) is 71.4 cm³/mol. The largest absolute Gasteiger partial charge is 0.327 e. The van der Waals surface area contributed by atoms with Crippen LogP contribution in [0.4, 0.5) is 0 Å². The highest BCUT2D eigenvalue weighted by Gasteiger charge is 2.26. The van der Waals surface area contributed by atoms with E-state index < -0.39 is 0 Å². The van der Waals surface area contributed by atoms with E-state index >= 15 is 0 Å². The molecular weight excluding hydrogens is 196 g/mol. The molecule has 0 bridgehead atoms. The Morgan fingerprint density at radius 2 is 1.94 bits per heavy atom. The van der Waals surface area contributed by atoms with Crippen molar-refractivity contribution in [2.75, 3.05) is 26.2 Å². The van der Waals surface area contributed by atoms with Crippen molar-refractivity contribution >= 4 is 0 Å². The molecule has 2 N–H and O–H groups in total. The number of hydrogen-bond acceptors (Lipinski definition) is 2. The molecule has 1 fully saturated rings. The molecule has 1 unspecified atom stereocenters. The smallest absolute Gasteiger partial charge is 0.0163 e. The molecule has 1 rings (SSSR count). The molecule has 1 saturated heterocycles. The fourth-order valence-electron chi connectivity index (χ4n) is 2.52. The minimum atomic E-state index is 0.475. The van der Waals surface area contributed by atoms with Crippen molar-refractivity contribution in [1.82, 2.24) is 4.90 Å². The van der Waals surface area contributed by atoms with Gasteiger partial charge in [-0.1, -0.05) is 32.9 Å². The lowest BCUT2D eigenvalue weighted by Gasteiger charge is -2.29. The van der Waals surface area contributed by atoms with Gasteiger partial charge in [0, 0.05) is 13.1 Å². The Morgan fingerprint density at radius 1 is 1.19 bits per heavy atom. The van der Waals surface area contributed by atoms with Gasteiger partial charge in [-0.25, -0.2) is 0 Å². The van der Waals surface area contributed by atoms with Crippen LogP contribution in [-0.4, -0.2) is 31.1 Å². The molecule has 0 spiro atoms. The first kappa shape index (κ1) is 13.7. The van der Waals surface area contributed by atoms with E-state index in [1.807, 2.05) is 0 Å². The van der Waals surface area contributed by atoms with E-state index in [1.54, 1.807) is 0 Å². The van der Waals surface area contributed by atoms with Gasteiger partial charge in [-0.05, 0) is 43.7 Å². The average Bonchev–Trinajstić information content (AvgIpc) is 2.43. The SMILES string of the molecule is CC(C)(C)C1CCCN(CC=CCN)CC1. The summed E-state index contributed by atoms with van der Waals surface area (Å²) in [6.45, 7) is 11.4. The summed E-state index contributed by atoms with van der Waals surface area (Å²) in [5.41, 5.74) is 5.92. The zero-order valence-electron chi connectivity index (χ0n) is 11.2. The van der Waals surface area contributed by atoms with Crippen LogP contribution in [0.25, 0.3) is 0 Å². The third kappa shape index (κ3) is 4.67. The normalized spacial score (nSPS) is 24.9. The van der Waals surface area contributed by atoms with Crippen LogP contribution in [0.15, 0.2) is 12.2 Å². The molecule has 1 aliphatic heterocycles. The summed E-state index contributed by atoms with van der Waals surface area (Å²) in [6.07, 6.45) is 8.35. The number of hydrogen-bond donors (Lipinski definition) is 1. The Labute approximate surface area is 101 Å². The van der Waals surface area contributed by atoms with E-state index in [9.17, 15) is 0 Å². The summed E-state index contributed by atoms with van der Waals surface area (Å²) < 4.78 is 0. The van der Waals surface area contributed by atoms with Gasteiger partial charge in [-0.2, -0.15) is 0 Å². The lowest BCUT2D eigenvalue weighted by Crippen LogP contribution is -2.26. The maximum Gasteiger partial charge on any atom is 0.0163 e. The second-order valence-corrected chi connectivity index (χ2v) is 6.00. The van der Waals surface area contributed by atoms with Crippen LogP contribution >= 0.6 is 0 Å². The first-order chi connectivity index (χ1) is 7.54. The third-order valence-corrected chi connectivity index (χ3v) is 3.71. The summed E-state index contributed by atoms with van der Waals surface area (Å²) in [7, 11) is 0. The summed E-state index contributed by atoms with van der Waals surface area (Å²) in [4.78, 5) is 2.55. The van der Waals surface area contributed by atoms with Crippen molar-refractivity contribution in [3.8, 4) is 0 Å². The molecule has 94 valence electrons. The van der Waals surface area contributed by atoms with E-state index in [1.165, 1.54) is 32.4 Å². The van der Waals surface area contributed by atoms with E-state index in [4.69, 9.17) is 5.73 Å². The van der Waals surface area contributed by atoms with Crippen LogP contribution in [0.1, 0.15) is 40.0 Å². The van der Waals surface area contributed by atoms with Crippen molar-refractivity contribution in [1.29, 1.82) is 0 Å². The van der Waals surface area contributed by atoms with Crippen molar-refractivity contribution in [3.63, 3.8) is 0 Å². The molecule has 0 radical (unpaired) electrons. The Kier molecular flexibility index (Phi) is 5.50. The number of rotatable bonds is 3. The quantitative estimate of drug-likeness (QED) is 0.747. The van der Waals surface area contributed by atoms with Gasteiger partial charge in [-0.15, -0.1) is 0 Å². The lowest BCUT2D eigenvalue weighted by atomic mass is 9.77. The molecule has 1 heterocycles. The van der Waals surface area contributed by atoms with Gasteiger partial charge in [0.15, 0.2) is 0 Å². The second kappa shape index (κ2) is 6.41. The Balaban J connectivity index is 2.37. The van der Waals surface area contributed by atoms with Crippen molar-refractivity contribution in [3.05, 3.63) is 12.2 Å². The topological polar surface area (TPSA) is 29.3 Å². The van der Waals surface area contributed by atoms with Gasteiger partial charge in [0.05, 0.1) is 0 Å². The molecule has 1 atom stereocenters. The van der Waals surface area contributed by atoms with Crippen LogP contribution in [-0.2, 0) is 0 Å². The number of nitrogens with two attached hydrogens (primary N) is 1. The molecule has 0 aliphatic carbocycles. The summed E-state index contributed by atoms with van der Waals surface area (Å²) in [5, 5.41) is 0. The predicted octanol–water partition coefficient (Wildman–Crippen LogP) is 2.65. The number of likely N-dealkylation sites (tertiary alicyclic amines) is 1. The lowest BCUT2D eigenvalue weighted by molar-refractivity contribution is 0.211. The molecule has 0 aromatic heterocycles. The van der Waals surface area contributed by atoms with Crippen molar-refractivity contribution in [2.45, 2.75) is 40.0 Å². The standard InChI is InChI=1S/C14H28N2/c1-14(2,3)13-7-6-11-16(12-8-13)10-5-4-9-15/h4-5,13H,6-12,15H2,1-3H3. The minimum absolute atomic E-state index is 0.475. The first-order valence-electron chi connectivity index (χ1n) is 6.61. The highest BCUT2D eigenvalue weighted by molar-refractivity contribution is 4.87. The van der Waals surface area contributed by atoms with Gasteiger partial charge < -0.3 is 5.73 Å². The summed E-state index contributed by atoms with van der Waals surface area (Å²) in [5.74, 6) is 0.885. The molecular formula is C14H28N2. The van der Waals surface area contributed by atoms with Crippen LogP contribution in [0.3, 0.4) is 0 Å². The van der Waals surface area contributed by atoms with Crippen molar-refractivity contribution < 1.29 is 0 Å². The molecule has 2 heteroatoms. The van der Waals surface area contributed by atoms with Crippen LogP contribution in [0, 0.1) is 11.3 Å². The van der Waals surface area contributed by atoms with E-state index in [-0.39, 0.29) is 0 Å². The molecule has 16 heavy (non-hydrogen) atoms. The fraction of sp³-hybridized carbons (Fsp3) is 0.857. The zero-order chi connectivity index (χ0) is 12.0. The monoisotopic (exact) mass is 224 g/mol. The summed E-state index contributed by atoms with van der Waals surface area (Å²) >= 11 is 0. The highest BCUT2D eigenvalue weighted by atomic mass is 15.1. The molecule has 2 nitrogen and oxygen atoms in total. The van der Waals surface area contributed by atoms with Gasteiger partial charge >= 0.3 is 0 Å². The first-order valence-corrected chi connectivity index (χ1v) is 6.61. The van der Waals surface area contributed by atoms with Gasteiger partial charge in [0.2, 0.25) is 0 Å². The zero-order valence-corrected chi connectivity index (χ0v) is 11.2. The molecule has 0 aromatic carbocycles. The van der Waals surface area contributed by atoms with Crippen LogP contribution < -0.4 is 5.73 Å². The molecule has 1 aliphatic rings. The molecule has 0 saturated carbocycles. The van der Waals surface area contributed by atoms with Gasteiger partial charge in [-0.3, -0.25) is 4.90 Å². The van der Waals surface area contributed by atoms with E-state index in [0.29, 0.717) is 12.0 Å². The van der Waals surface area contributed by atoms with Crippen molar-refractivity contribution in [2.24, 2.45) is 17.1 Å². The summed E-state index contributed by atoms with van der Waals surface area (Å²) in [6, 6.07) is 0. The van der Waals surface area contributed by atoms with Crippen LogP contribution in [0.2, 0.25) is 0 Å². The Hall–Kier alpha value is -0.340. The average molecular weight is 224 g/mol. The second-order valence-electron chi connectivity index (χ2n) is 6.00. The number of nitrogens with zero attached hydrogens (tertiary/aromatic N) is 1. The minimum Gasteiger partial charge on any atom is -0.327 e. The van der Waals surface area contributed by atoms with Gasteiger partial charge in [0.1, 0.15) is 0 Å². The molecule has 0 aromatic rings. The fourth-order valence-corrected chi connectivity index (χ4v) is 2.52. The maximum absolute atomic E-state index is 5.45. The highest BCUT2D eigenvalue weighted by Crippen LogP contribution is 2.34. The van der Waals surface area contributed by atoms with E-state index in [2.05, 4.69) is 37.8 Å². The Bertz CT molecular complexity index is 215. The maximum atomic E-state index is 5.45. The Morgan fingerprint density at radius 3 is 2.56 bits per heavy atom. The van der Waals surface area contributed by atoms with E-state index in [0.717, 1.165) is 12.5 Å². The van der Waals surface area contributed by atoms with Crippen LogP contribution in [0.5, 0.6) is 0 Å². The van der Waals surface area contributed by atoms with Gasteiger partial charge in [0.25, 0.3) is 0 Å². The third-order valence-electron chi connectivity index (χ3n) is 3.71.